The molecule has 1 aliphatic rings. The zero-order valence-corrected chi connectivity index (χ0v) is 15.3. The number of carbonyl (C=O) groups is 1. The molecule has 1 N–H and O–H groups in total. The Labute approximate surface area is 163 Å². The average molecular weight is 406 g/mol. The van der Waals surface area contributed by atoms with Gasteiger partial charge in [-0.25, -0.2) is 9.37 Å². The SMILES string of the molecule is O=C(Nc1cc2cn(C3CCCCC3)nc2cc1F)c1cccc(C(F)(F)F)n1. The van der Waals surface area contributed by atoms with Gasteiger partial charge in [0.2, 0.25) is 0 Å². The molecule has 0 unspecified atom stereocenters. The van der Waals surface area contributed by atoms with Crippen molar-refractivity contribution >= 4 is 22.5 Å². The predicted molar refractivity (Wildman–Crippen MR) is 99.0 cm³/mol. The first-order valence-electron chi connectivity index (χ1n) is 9.35. The first kappa shape index (κ1) is 19.4. The predicted octanol–water partition coefficient (Wildman–Crippen LogP) is 5.35. The molecule has 0 atom stereocenters. The van der Waals surface area contributed by atoms with Gasteiger partial charge in [-0.2, -0.15) is 18.3 Å². The maximum Gasteiger partial charge on any atom is 0.433 e. The number of fused-ring (bicyclic) bond motifs is 1. The van der Waals surface area contributed by atoms with Crippen LogP contribution in [0.15, 0.2) is 36.5 Å². The second-order valence-electron chi connectivity index (χ2n) is 7.15. The molecule has 1 aromatic carbocycles. The van der Waals surface area contributed by atoms with Gasteiger partial charge in [0.05, 0.1) is 17.2 Å². The number of benzene rings is 1. The molecule has 1 saturated carbocycles. The summed E-state index contributed by atoms with van der Waals surface area (Å²) in [6.45, 7) is 0. The highest BCUT2D eigenvalue weighted by atomic mass is 19.4. The first-order chi connectivity index (χ1) is 13.8. The number of pyridine rings is 1. The molecule has 152 valence electrons. The van der Waals surface area contributed by atoms with Crippen LogP contribution in [0.4, 0.5) is 23.2 Å². The Kier molecular flexibility index (Phi) is 4.97. The van der Waals surface area contributed by atoms with E-state index in [4.69, 9.17) is 0 Å². The third-order valence-corrected chi connectivity index (χ3v) is 5.08. The molecule has 2 aromatic heterocycles. The van der Waals surface area contributed by atoms with Crippen LogP contribution in [0.2, 0.25) is 0 Å². The highest BCUT2D eigenvalue weighted by molar-refractivity contribution is 6.03. The van der Waals surface area contributed by atoms with Crippen molar-refractivity contribution in [3.05, 3.63) is 53.7 Å². The fourth-order valence-corrected chi connectivity index (χ4v) is 3.60. The maximum absolute atomic E-state index is 14.5. The van der Waals surface area contributed by atoms with Crippen molar-refractivity contribution in [2.45, 2.75) is 44.3 Å². The molecular formula is C20H18F4N4O. The van der Waals surface area contributed by atoms with Crippen LogP contribution >= 0.6 is 0 Å². The summed E-state index contributed by atoms with van der Waals surface area (Å²) in [5.74, 6) is -1.64. The number of amides is 1. The van der Waals surface area contributed by atoms with Gasteiger partial charge >= 0.3 is 6.18 Å². The molecule has 4 rings (SSSR count). The van der Waals surface area contributed by atoms with Crippen molar-refractivity contribution < 1.29 is 22.4 Å². The van der Waals surface area contributed by atoms with E-state index in [9.17, 15) is 22.4 Å². The summed E-state index contributed by atoms with van der Waals surface area (Å²) < 4.78 is 54.7. The standard InChI is InChI=1S/C20H18F4N4O/c21-14-10-16-12(11-28(27-16)13-5-2-1-3-6-13)9-17(14)26-19(29)15-7-4-8-18(25-15)20(22,23)24/h4,7-11,13H,1-3,5-6H2,(H,26,29). The summed E-state index contributed by atoms with van der Waals surface area (Å²) in [7, 11) is 0. The second-order valence-corrected chi connectivity index (χ2v) is 7.15. The van der Waals surface area contributed by atoms with E-state index in [1.807, 2.05) is 10.9 Å². The van der Waals surface area contributed by atoms with Gasteiger partial charge in [0.1, 0.15) is 17.2 Å². The Morgan fingerprint density at radius 2 is 1.90 bits per heavy atom. The number of carbonyl (C=O) groups excluding carboxylic acids is 1. The lowest BCUT2D eigenvalue weighted by Gasteiger charge is -2.21. The van der Waals surface area contributed by atoms with E-state index in [-0.39, 0.29) is 11.7 Å². The zero-order valence-electron chi connectivity index (χ0n) is 15.3. The van der Waals surface area contributed by atoms with Crippen LogP contribution < -0.4 is 5.32 Å². The molecule has 0 aliphatic heterocycles. The normalized spacial score (nSPS) is 15.6. The molecule has 0 bridgehead atoms. The zero-order chi connectivity index (χ0) is 20.6. The van der Waals surface area contributed by atoms with Crippen molar-refractivity contribution in [3.8, 4) is 0 Å². The molecule has 9 heteroatoms. The molecule has 3 aromatic rings. The molecule has 1 amide bonds. The summed E-state index contributed by atoms with van der Waals surface area (Å²) in [5.41, 5.74) is -1.31. The molecule has 1 aliphatic carbocycles. The highest BCUT2D eigenvalue weighted by Crippen LogP contribution is 2.31. The number of anilines is 1. The summed E-state index contributed by atoms with van der Waals surface area (Å²) in [6, 6.07) is 5.90. The Hall–Kier alpha value is -2.97. The minimum absolute atomic E-state index is 0.134. The van der Waals surface area contributed by atoms with E-state index in [0.717, 1.165) is 43.9 Å². The van der Waals surface area contributed by atoms with E-state index < -0.39 is 29.3 Å². The molecule has 1 fully saturated rings. The highest BCUT2D eigenvalue weighted by Gasteiger charge is 2.33. The van der Waals surface area contributed by atoms with E-state index >= 15 is 0 Å². The Morgan fingerprint density at radius 1 is 1.14 bits per heavy atom. The Morgan fingerprint density at radius 3 is 2.62 bits per heavy atom. The lowest BCUT2D eigenvalue weighted by molar-refractivity contribution is -0.141. The molecule has 0 spiro atoms. The van der Waals surface area contributed by atoms with Crippen LogP contribution in [0.3, 0.4) is 0 Å². The lowest BCUT2D eigenvalue weighted by Crippen LogP contribution is -2.17. The van der Waals surface area contributed by atoms with Gasteiger partial charge in [-0.1, -0.05) is 25.3 Å². The second kappa shape index (κ2) is 7.46. The van der Waals surface area contributed by atoms with Crippen LogP contribution in [0, 0.1) is 5.82 Å². The van der Waals surface area contributed by atoms with Crippen LogP contribution in [0.25, 0.3) is 10.9 Å². The number of halogens is 4. The molecular weight excluding hydrogens is 388 g/mol. The quantitative estimate of drug-likeness (QED) is 0.597. The minimum atomic E-state index is -4.67. The van der Waals surface area contributed by atoms with Gasteiger partial charge in [0.25, 0.3) is 5.91 Å². The number of hydrogen-bond acceptors (Lipinski definition) is 3. The number of hydrogen-bond donors (Lipinski definition) is 1. The van der Waals surface area contributed by atoms with Gasteiger partial charge in [-0.3, -0.25) is 9.48 Å². The largest absolute Gasteiger partial charge is 0.433 e. The van der Waals surface area contributed by atoms with Gasteiger partial charge in [0.15, 0.2) is 0 Å². The molecule has 5 nitrogen and oxygen atoms in total. The number of alkyl halides is 3. The number of nitrogens with one attached hydrogen (secondary N) is 1. The van der Waals surface area contributed by atoms with Crippen molar-refractivity contribution in [3.63, 3.8) is 0 Å². The maximum atomic E-state index is 14.5. The topological polar surface area (TPSA) is 59.8 Å². The number of aromatic nitrogens is 3. The summed E-state index contributed by atoms with van der Waals surface area (Å²) in [4.78, 5) is 15.6. The van der Waals surface area contributed by atoms with Crippen LogP contribution in [-0.2, 0) is 6.18 Å². The summed E-state index contributed by atoms with van der Waals surface area (Å²) >= 11 is 0. The fraction of sp³-hybridized carbons (Fsp3) is 0.350. The van der Waals surface area contributed by atoms with Crippen molar-refractivity contribution in [2.75, 3.05) is 5.32 Å². The average Bonchev–Trinajstić information content (AvgIpc) is 3.11. The lowest BCUT2D eigenvalue weighted by atomic mass is 9.96. The molecule has 29 heavy (non-hydrogen) atoms. The fourth-order valence-electron chi connectivity index (χ4n) is 3.60. The molecule has 0 saturated heterocycles. The number of nitrogens with zero attached hydrogens (tertiary/aromatic N) is 3. The van der Waals surface area contributed by atoms with Crippen LogP contribution in [0.5, 0.6) is 0 Å². The third-order valence-electron chi connectivity index (χ3n) is 5.08. The Balaban J connectivity index is 1.59. The monoisotopic (exact) mass is 406 g/mol. The minimum Gasteiger partial charge on any atom is -0.318 e. The summed E-state index contributed by atoms with van der Waals surface area (Å²) in [6.07, 6.45) is 2.62. The van der Waals surface area contributed by atoms with Crippen molar-refractivity contribution in [2.24, 2.45) is 0 Å². The smallest absolute Gasteiger partial charge is 0.318 e. The molecule has 0 radical (unpaired) electrons. The van der Waals surface area contributed by atoms with E-state index in [0.29, 0.717) is 10.9 Å². The van der Waals surface area contributed by atoms with Crippen molar-refractivity contribution in [1.82, 2.24) is 14.8 Å². The first-order valence-corrected chi connectivity index (χ1v) is 9.35. The van der Waals surface area contributed by atoms with E-state index in [2.05, 4.69) is 15.4 Å². The van der Waals surface area contributed by atoms with Crippen LogP contribution in [-0.4, -0.2) is 20.7 Å². The Bertz CT molecular complexity index is 1050. The van der Waals surface area contributed by atoms with Crippen LogP contribution in [0.1, 0.15) is 54.3 Å². The van der Waals surface area contributed by atoms with Crippen molar-refractivity contribution in [1.29, 1.82) is 0 Å². The van der Waals surface area contributed by atoms with E-state index in [1.54, 1.807) is 0 Å². The van der Waals surface area contributed by atoms with E-state index in [1.165, 1.54) is 18.6 Å². The number of rotatable bonds is 3. The molecule has 2 heterocycles. The summed E-state index contributed by atoms with van der Waals surface area (Å²) in [5, 5.41) is 7.39. The van der Waals surface area contributed by atoms with Gasteiger partial charge in [-0.05, 0) is 31.0 Å². The van der Waals surface area contributed by atoms with Gasteiger partial charge < -0.3 is 5.32 Å². The van der Waals surface area contributed by atoms with Gasteiger partial charge in [-0.15, -0.1) is 0 Å². The van der Waals surface area contributed by atoms with Gasteiger partial charge in [0, 0.05) is 17.6 Å². The third kappa shape index (κ3) is 4.08.